The van der Waals surface area contributed by atoms with Crippen LogP contribution in [0.1, 0.15) is 54.4 Å². The maximum Gasteiger partial charge on any atom is 0.264 e. The number of aryl methyl sites for hydroxylation is 1. The van der Waals surface area contributed by atoms with Gasteiger partial charge in [-0.15, -0.1) is 0 Å². The average Bonchev–Trinajstić information content (AvgIpc) is 3.07. The predicted octanol–water partition coefficient (Wildman–Crippen LogP) is 7.89. The number of hydrogen-bond donors (Lipinski definition) is 1. The van der Waals surface area contributed by atoms with Gasteiger partial charge in [0.15, 0.2) is 0 Å². The minimum atomic E-state index is -4.24. The molecule has 0 aliphatic heterocycles. The van der Waals surface area contributed by atoms with E-state index in [9.17, 15) is 18.0 Å². The van der Waals surface area contributed by atoms with Crippen LogP contribution in [0.25, 0.3) is 0 Å². The quantitative estimate of drug-likeness (QED) is 0.162. The number of rotatable bonds is 12. The highest BCUT2D eigenvalue weighted by Gasteiger charge is 2.36. The third-order valence-electron chi connectivity index (χ3n) is 8.86. The molecular weight excluding hydrogens is 665 g/mol. The number of carbonyl (C=O) groups excluding carboxylic acids is 2. The molecule has 0 aromatic heterocycles. The first kappa shape index (κ1) is 35.5. The second-order valence-electron chi connectivity index (χ2n) is 12.4. The molecule has 0 radical (unpaired) electrons. The van der Waals surface area contributed by atoms with Crippen LogP contribution in [-0.2, 0) is 32.6 Å². The molecule has 1 atom stereocenters. The molecule has 1 aliphatic rings. The summed E-state index contributed by atoms with van der Waals surface area (Å²) in [5.41, 5.74) is 3.28. The van der Waals surface area contributed by atoms with Crippen molar-refractivity contribution in [3.8, 4) is 0 Å². The minimum absolute atomic E-state index is 0.0140. The lowest BCUT2D eigenvalue weighted by Gasteiger charge is -2.35. The molecule has 0 unspecified atom stereocenters. The molecule has 1 fully saturated rings. The van der Waals surface area contributed by atoms with Gasteiger partial charge in [-0.3, -0.25) is 13.9 Å². The van der Waals surface area contributed by atoms with Gasteiger partial charge in [0.1, 0.15) is 12.6 Å². The van der Waals surface area contributed by atoms with Crippen LogP contribution in [0.5, 0.6) is 0 Å². The molecular formula is C38H41Cl2N3O4S. The first-order chi connectivity index (χ1) is 23.0. The van der Waals surface area contributed by atoms with Gasteiger partial charge in [-0.2, -0.15) is 0 Å². The Balaban J connectivity index is 1.59. The fourth-order valence-electron chi connectivity index (χ4n) is 6.15. The van der Waals surface area contributed by atoms with E-state index in [2.05, 4.69) is 5.32 Å². The average molecular weight is 707 g/mol. The van der Waals surface area contributed by atoms with E-state index >= 15 is 0 Å². The first-order valence-corrected chi connectivity index (χ1v) is 18.5. The van der Waals surface area contributed by atoms with Gasteiger partial charge in [0.25, 0.3) is 10.0 Å². The largest absolute Gasteiger partial charge is 0.352 e. The van der Waals surface area contributed by atoms with Gasteiger partial charge >= 0.3 is 0 Å². The number of halogens is 2. The predicted molar refractivity (Wildman–Crippen MR) is 193 cm³/mol. The van der Waals surface area contributed by atoms with Crippen molar-refractivity contribution in [1.82, 2.24) is 10.2 Å². The minimum Gasteiger partial charge on any atom is -0.352 e. The smallest absolute Gasteiger partial charge is 0.264 e. The highest BCUT2D eigenvalue weighted by atomic mass is 35.5. The molecule has 0 spiro atoms. The van der Waals surface area contributed by atoms with E-state index < -0.39 is 28.5 Å². The van der Waals surface area contributed by atoms with Gasteiger partial charge in [-0.25, -0.2) is 8.42 Å². The Labute approximate surface area is 293 Å². The molecule has 0 heterocycles. The SMILES string of the molecule is Cc1ccc(S(=O)(=O)N(CC(=O)N(Cc2cccc(Cl)c2)[C@@H](Cc2ccccc2)C(=O)NC2CCCCC2)c2cccc(Cl)c2C)cc1. The van der Waals surface area contributed by atoms with Crippen molar-refractivity contribution in [3.05, 3.63) is 129 Å². The van der Waals surface area contributed by atoms with E-state index in [-0.39, 0.29) is 35.5 Å². The fraction of sp³-hybridized carbons (Fsp3) is 0.316. The Bertz CT molecular complexity index is 1830. The van der Waals surface area contributed by atoms with Gasteiger partial charge < -0.3 is 10.2 Å². The van der Waals surface area contributed by atoms with E-state index in [0.717, 1.165) is 47.5 Å². The fourth-order valence-corrected chi connectivity index (χ4v) is 8.00. The van der Waals surface area contributed by atoms with Crippen molar-refractivity contribution < 1.29 is 18.0 Å². The third kappa shape index (κ3) is 8.78. The van der Waals surface area contributed by atoms with Crippen LogP contribution in [0, 0.1) is 13.8 Å². The normalized spacial score (nSPS) is 14.2. The molecule has 5 rings (SSSR count). The van der Waals surface area contributed by atoms with Gasteiger partial charge in [-0.1, -0.05) is 109 Å². The number of hydrogen-bond acceptors (Lipinski definition) is 4. The molecule has 4 aromatic carbocycles. The molecule has 10 heteroatoms. The lowest BCUT2D eigenvalue weighted by atomic mass is 9.94. The van der Waals surface area contributed by atoms with Crippen LogP contribution in [0.2, 0.25) is 10.0 Å². The maximum absolute atomic E-state index is 14.7. The summed E-state index contributed by atoms with van der Waals surface area (Å²) < 4.78 is 29.8. The number of carbonyl (C=O) groups is 2. The summed E-state index contributed by atoms with van der Waals surface area (Å²) in [6.07, 6.45) is 5.19. The van der Waals surface area contributed by atoms with E-state index in [4.69, 9.17) is 23.2 Å². The highest BCUT2D eigenvalue weighted by Crippen LogP contribution is 2.32. The number of sulfonamides is 1. The number of nitrogens with one attached hydrogen (secondary N) is 1. The van der Waals surface area contributed by atoms with E-state index in [1.807, 2.05) is 43.3 Å². The topological polar surface area (TPSA) is 86.8 Å². The Hall–Kier alpha value is -3.85. The number of nitrogens with zero attached hydrogens (tertiary/aromatic N) is 2. The van der Waals surface area contributed by atoms with Crippen molar-refractivity contribution in [2.75, 3.05) is 10.8 Å². The van der Waals surface area contributed by atoms with E-state index in [0.29, 0.717) is 21.2 Å². The lowest BCUT2D eigenvalue weighted by molar-refractivity contribution is -0.140. The van der Waals surface area contributed by atoms with Gasteiger partial charge in [0.05, 0.1) is 10.6 Å². The van der Waals surface area contributed by atoms with Crippen molar-refractivity contribution in [1.29, 1.82) is 0 Å². The standard InChI is InChI=1S/C38H41Cl2N3O4S/c1-27-19-21-33(22-20-27)48(46,47)43(35-18-10-17-34(40)28(35)2)26-37(44)42(25-30-13-9-14-31(39)23-30)36(24-29-11-5-3-6-12-29)38(45)41-32-15-7-4-8-16-32/h3,5-6,9-14,17-23,32,36H,4,7-8,15-16,24-26H2,1-2H3,(H,41,45)/t36-/m0/s1. The van der Waals surface area contributed by atoms with Crippen LogP contribution in [0.4, 0.5) is 5.69 Å². The molecule has 48 heavy (non-hydrogen) atoms. The summed E-state index contributed by atoms with van der Waals surface area (Å²) in [4.78, 5) is 30.5. The number of amides is 2. The number of anilines is 1. The molecule has 1 saturated carbocycles. The zero-order valence-electron chi connectivity index (χ0n) is 27.2. The van der Waals surface area contributed by atoms with Crippen LogP contribution >= 0.6 is 23.2 Å². The highest BCUT2D eigenvalue weighted by molar-refractivity contribution is 7.92. The van der Waals surface area contributed by atoms with Crippen molar-refractivity contribution in [3.63, 3.8) is 0 Å². The molecule has 1 N–H and O–H groups in total. The summed E-state index contributed by atoms with van der Waals surface area (Å²) in [7, 11) is -4.24. The van der Waals surface area contributed by atoms with Crippen molar-refractivity contribution in [2.24, 2.45) is 0 Å². The van der Waals surface area contributed by atoms with Crippen LogP contribution in [-0.4, -0.2) is 43.8 Å². The summed E-state index contributed by atoms with van der Waals surface area (Å²) >= 11 is 12.8. The molecule has 7 nitrogen and oxygen atoms in total. The molecule has 4 aromatic rings. The van der Waals surface area contributed by atoms with E-state index in [1.54, 1.807) is 55.5 Å². The molecule has 1 aliphatic carbocycles. The van der Waals surface area contributed by atoms with Crippen LogP contribution in [0.15, 0.2) is 102 Å². The van der Waals surface area contributed by atoms with Gasteiger partial charge in [0, 0.05) is 29.1 Å². The molecule has 0 bridgehead atoms. The Morgan fingerprint density at radius 1 is 0.833 bits per heavy atom. The summed E-state index contributed by atoms with van der Waals surface area (Å²) in [6, 6.07) is 27.2. The van der Waals surface area contributed by atoms with Crippen molar-refractivity contribution >= 4 is 50.7 Å². The summed E-state index contributed by atoms with van der Waals surface area (Å²) in [5.74, 6) is -0.808. The van der Waals surface area contributed by atoms with Crippen LogP contribution in [0.3, 0.4) is 0 Å². The second kappa shape index (κ2) is 16.0. The second-order valence-corrected chi connectivity index (χ2v) is 15.1. The Morgan fingerprint density at radius 2 is 1.50 bits per heavy atom. The molecule has 252 valence electrons. The Kier molecular flexibility index (Phi) is 11.8. The zero-order chi connectivity index (χ0) is 34.3. The third-order valence-corrected chi connectivity index (χ3v) is 11.3. The van der Waals surface area contributed by atoms with Crippen molar-refractivity contribution in [2.45, 2.75) is 75.9 Å². The van der Waals surface area contributed by atoms with Gasteiger partial charge in [-0.05, 0) is 79.8 Å². The zero-order valence-corrected chi connectivity index (χ0v) is 29.6. The molecule has 2 amide bonds. The van der Waals surface area contributed by atoms with E-state index in [1.165, 1.54) is 17.0 Å². The monoisotopic (exact) mass is 705 g/mol. The maximum atomic E-state index is 14.7. The van der Waals surface area contributed by atoms with Crippen LogP contribution < -0.4 is 9.62 Å². The number of benzene rings is 4. The Morgan fingerprint density at radius 3 is 2.19 bits per heavy atom. The molecule has 0 saturated heterocycles. The first-order valence-electron chi connectivity index (χ1n) is 16.3. The summed E-state index contributed by atoms with van der Waals surface area (Å²) in [6.45, 7) is 3.08. The summed E-state index contributed by atoms with van der Waals surface area (Å²) in [5, 5.41) is 4.09. The lowest BCUT2D eigenvalue weighted by Crippen LogP contribution is -2.55. The van der Waals surface area contributed by atoms with Gasteiger partial charge in [0.2, 0.25) is 11.8 Å².